The third-order valence-electron chi connectivity index (χ3n) is 4.04. The Hall–Kier alpha value is -3.92. The summed E-state index contributed by atoms with van der Waals surface area (Å²) in [5, 5.41) is 27.1. The molecule has 3 aromatic rings. The molecule has 1 aromatic heterocycles. The van der Waals surface area contributed by atoms with Crippen molar-refractivity contribution in [2.24, 2.45) is 0 Å². The third-order valence-corrected chi connectivity index (χ3v) is 4.30. The molecule has 2 N–H and O–H groups in total. The molecule has 0 aliphatic heterocycles. The maximum atomic E-state index is 12.5. The number of nitro benzene ring substituents is 1. The number of nitrogens with zero attached hydrogens (tertiary/aromatic N) is 3. The Kier molecular flexibility index (Phi) is 5.98. The largest absolute Gasteiger partial charge is 0.478 e. The lowest BCUT2D eigenvalue weighted by atomic mass is 10.2. The second kappa shape index (κ2) is 8.62. The number of benzene rings is 2. The minimum atomic E-state index is -1.17. The maximum Gasteiger partial charge on any atom is 0.338 e. The Bertz CT molecular complexity index is 1110. The van der Waals surface area contributed by atoms with Gasteiger partial charge in [0.05, 0.1) is 28.4 Å². The molecule has 0 aliphatic carbocycles. The van der Waals surface area contributed by atoms with E-state index < -0.39 is 22.8 Å². The molecule has 0 saturated heterocycles. The van der Waals surface area contributed by atoms with Crippen molar-refractivity contribution in [3.63, 3.8) is 0 Å². The van der Waals surface area contributed by atoms with Gasteiger partial charge in [0.1, 0.15) is 17.5 Å². The summed E-state index contributed by atoms with van der Waals surface area (Å²) in [6.07, 6.45) is 2.34. The summed E-state index contributed by atoms with van der Waals surface area (Å²) in [7, 11) is 0. The Morgan fingerprint density at radius 2 is 1.93 bits per heavy atom. The van der Waals surface area contributed by atoms with E-state index in [9.17, 15) is 19.7 Å². The number of anilines is 1. The first kappa shape index (κ1) is 20.8. The normalized spacial score (nSPS) is 11.5. The van der Waals surface area contributed by atoms with Crippen LogP contribution in [0.4, 0.5) is 11.4 Å². The Balaban J connectivity index is 1.82. The molecule has 0 spiro atoms. The number of hydrogen-bond donors (Lipinski definition) is 2. The number of aromatic carboxylic acids is 1. The van der Waals surface area contributed by atoms with Crippen molar-refractivity contribution in [2.45, 2.75) is 13.0 Å². The lowest BCUT2D eigenvalue weighted by Gasteiger charge is -2.14. The van der Waals surface area contributed by atoms with Crippen LogP contribution < -0.4 is 10.1 Å². The van der Waals surface area contributed by atoms with Crippen LogP contribution in [0.3, 0.4) is 0 Å². The average molecular weight is 431 g/mol. The van der Waals surface area contributed by atoms with Crippen LogP contribution in [0, 0.1) is 10.1 Å². The molecule has 1 atom stereocenters. The minimum absolute atomic E-state index is 0.0661. The van der Waals surface area contributed by atoms with Crippen molar-refractivity contribution in [1.82, 2.24) is 9.78 Å². The number of carbonyl (C=O) groups excluding carboxylic acids is 1. The number of amides is 1. The molecule has 1 amide bonds. The highest BCUT2D eigenvalue weighted by Gasteiger charge is 2.20. The molecule has 0 saturated carbocycles. The van der Waals surface area contributed by atoms with Crippen LogP contribution in [0.5, 0.6) is 11.5 Å². The molecule has 2 aromatic carbocycles. The summed E-state index contributed by atoms with van der Waals surface area (Å²) in [6.45, 7) is 1.51. The van der Waals surface area contributed by atoms with E-state index in [2.05, 4.69) is 10.4 Å². The number of hydrogen-bond acceptors (Lipinski definition) is 6. The van der Waals surface area contributed by atoms with E-state index >= 15 is 0 Å². The highest BCUT2D eigenvalue weighted by Crippen LogP contribution is 2.30. The Labute approximate surface area is 174 Å². The van der Waals surface area contributed by atoms with Gasteiger partial charge in [-0.1, -0.05) is 11.6 Å². The van der Waals surface area contributed by atoms with Crippen LogP contribution in [0.1, 0.15) is 23.3 Å². The molecule has 1 heterocycles. The second-order valence-corrected chi connectivity index (χ2v) is 6.64. The van der Waals surface area contributed by atoms with E-state index in [1.54, 1.807) is 24.3 Å². The standard InChI is InChI=1S/C19H15ClN4O6/c1-11(23-10-12(9-21-23)19(26)27)18(25)22-14-6-15(24(28)29)8-17(7-14)30-16-4-2-13(20)3-5-16/h2-11H,1H3,(H,22,25)(H,26,27). The van der Waals surface area contributed by atoms with Gasteiger partial charge in [0.25, 0.3) is 5.69 Å². The van der Waals surface area contributed by atoms with Gasteiger partial charge in [-0.25, -0.2) is 4.79 Å². The van der Waals surface area contributed by atoms with Gasteiger partial charge in [0.2, 0.25) is 5.91 Å². The fourth-order valence-electron chi connectivity index (χ4n) is 2.49. The molecule has 154 valence electrons. The molecule has 3 rings (SSSR count). The first-order chi connectivity index (χ1) is 14.2. The molecular weight excluding hydrogens is 416 g/mol. The summed E-state index contributed by atoms with van der Waals surface area (Å²) >= 11 is 5.83. The summed E-state index contributed by atoms with van der Waals surface area (Å²) in [5.41, 5.74) is -0.212. The number of carbonyl (C=O) groups is 2. The molecule has 10 nitrogen and oxygen atoms in total. The van der Waals surface area contributed by atoms with Crippen molar-refractivity contribution in [3.05, 3.63) is 75.6 Å². The van der Waals surface area contributed by atoms with Gasteiger partial charge < -0.3 is 15.2 Å². The quantitative estimate of drug-likeness (QED) is 0.424. The van der Waals surface area contributed by atoms with E-state index in [0.717, 1.165) is 6.20 Å². The van der Waals surface area contributed by atoms with E-state index in [0.29, 0.717) is 10.8 Å². The van der Waals surface area contributed by atoms with Crippen molar-refractivity contribution in [3.8, 4) is 11.5 Å². The number of rotatable bonds is 7. The van der Waals surface area contributed by atoms with Crippen LogP contribution in [0.2, 0.25) is 5.02 Å². The van der Waals surface area contributed by atoms with Crippen molar-refractivity contribution in [2.75, 3.05) is 5.32 Å². The Morgan fingerprint density at radius 3 is 2.53 bits per heavy atom. The van der Waals surface area contributed by atoms with Gasteiger partial charge in [-0.3, -0.25) is 19.6 Å². The van der Waals surface area contributed by atoms with E-state index in [-0.39, 0.29) is 22.7 Å². The maximum absolute atomic E-state index is 12.5. The fourth-order valence-corrected chi connectivity index (χ4v) is 2.61. The van der Waals surface area contributed by atoms with E-state index in [4.69, 9.17) is 21.4 Å². The van der Waals surface area contributed by atoms with Crippen molar-refractivity contribution >= 4 is 34.9 Å². The number of halogens is 1. The zero-order chi connectivity index (χ0) is 21.8. The number of carboxylic acid groups (broad SMARTS) is 1. The van der Waals surface area contributed by atoms with Gasteiger partial charge in [0, 0.05) is 23.4 Å². The molecule has 0 radical (unpaired) electrons. The molecule has 0 aliphatic rings. The highest BCUT2D eigenvalue weighted by molar-refractivity contribution is 6.30. The van der Waals surface area contributed by atoms with Crippen molar-refractivity contribution in [1.29, 1.82) is 0 Å². The van der Waals surface area contributed by atoms with E-state index in [1.807, 2.05) is 0 Å². The van der Waals surface area contributed by atoms with Gasteiger partial charge in [0.15, 0.2) is 0 Å². The zero-order valence-corrected chi connectivity index (χ0v) is 16.2. The first-order valence-corrected chi connectivity index (χ1v) is 8.92. The second-order valence-electron chi connectivity index (χ2n) is 6.21. The first-order valence-electron chi connectivity index (χ1n) is 8.54. The van der Waals surface area contributed by atoms with Gasteiger partial charge in [-0.05, 0) is 31.2 Å². The lowest BCUT2D eigenvalue weighted by Crippen LogP contribution is -2.24. The van der Waals surface area contributed by atoms with Gasteiger partial charge in [-0.15, -0.1) is 0 Å². The van der Waals surface area contributed by atoms with Crippen LogP contribution in [0.15, 0.2) is 54.9 Å². The molecule has 30 heavy (non-hydrogen) atoms. The molecular formula is C19H15ClN4O6. The lowest BCUT2D eigenvalue weighted by molar-refractivity contribution is -0.384. The van der Waals surface area contributed by atoms with Crippen molar-refractivity contribution < 1.29 is 24.4 Å². The van der Waals surface area contributed by atoms with Gasteiger partial charge >= 0.3 is 5.97 Å². The number of non-ortho nitro benzene ring substituents is 1. The topological polar surface area (TPSA) is 137 Å². The molecule has 11 heteroatoms. The SMILES string of the molecule is CC(C(=O)Nc1cc(Oc2ccc(Cl)cc2)cc([N+](=O)[O-])c1)n1cc(C(=O)O)cn1. The monoisotopic (exact) mass is 430 g/mol. The Morgan fingerprint density at radius 1 is 1.23 bits per heavy atom. The number of nitrogens with one attached hydrogen (secondary N) is 1. The van der Waals surface area contributed by atoms with Gasteiger partial charge in [-0.2, -0.15) is 5.10 Å². The predicted octanol–water partition coefficient (Wildman–Crippen LogP) is 4.13. The summed E-state index contributed by atoms with van der Waals surface area (Å²) < 4.78 is 6.81. The van der Waals surface area contributed by atoms with Crippen LogP contribution in [-0.2, 0) is 4.79 Å². The zero-order valence-electron chi connectivity index (χ0n) is 15.5. The highest BCUT2D eigenvalue weighted by atomic mass is 35.5. The number of aromatic nitrogens is 2. The summed E-state index contributed by atoms with van der Waals surface area (Å²) in [4.78, 5) is 34.2. The third kappa shape index (κ3) is 4.92. The predicted molar refractivity (Wildman–Crippen MR) is 107 cm³/mol. The molecule has 1 unspecified atom stereocenters. The summed E-state index contributed by atoms with van der Waals surface area (Å²) in [5.74, 6) is -1.17. The number of carboxylic acids is 1. The number of ether oxygens (including phenoxy) is 1. The van der Waals surface area contributed by atoms with Crippen LogP contribution in [0.25, 0.3) is 0 Å². The minimum Gasteiger partial charge on any atom is -0.478 e. The van der Waals surface area contributed by atoms with Crippen LogP contribution >= 0.6 is 11.6 Å². The van der Waals surface area contributed by atoms with Crippen LogP contribution in [-0.4, -0.2) is 31.7 Å². The summed E-state index contributed by atoms with van der Waals surface area (Å²) in [6, 6.07) is 9.38. The fraction of sp³-hybridized carbons (Fsp3) is 0.105. The number of nitro groups is 1. The molecule has 0 bridgehead atoms. The average Bonchev–Trinajstić information content (AvgIpc) is 3.19. The smallest absolute Gasteiger partial charge is 0.338 e. The van der Waals surface area contributed by atoms with E-state index in [1.165, 1.54) is 36.0 Å². The molecule has 0 fully saturated rings.